The number of sulfonamides is 1. The summed E-state index contributed by atoms with van der Waals surface area (Å²) in [5.41, 5.74) is 0.737. The van der Waals surface area contributed by atoms with E-state index in [2.05, 4.69) is 0 Å². The van der Waals surface area contributed by atoms with Crippen molar-refractivity contribution in [1.29, 1.82) is 0 Å². The summed E-state index contributed by atoms with van der Waals surface area (Å²) in [6.45, 7) is 3.50. The Morgan fingerprint density at radius 3 is 2.55 bits per heavy atom. The van der Waals surface area contributed by atoms with Crippen LogP contribution in [-0.4, -0.2) is 66.9 Å². The predicted octanol–water partition coefficient (Wildman–Crippen LogP) is 1.33. The van der Waals surface area contributed by atoms with Crippen LogP contribution in [0.3, 0.4) is 0 Å². The molecule has 4 rings (SSSR count). The largest absolute Gasteiger partial charge is 0.466 e. The number of amides is 1. The topological polar surface area (TPSA) is 119 Å². The van der Waals surface area contributed by atoms with Crippen LogP contribution in [0.15, 0.2) is 32.3 Å². The van der Waals surface area contributed by atoms with E-state index in [1.165, 1.54) is 21.0 Å². The van der Waals surface area contributed by atoms with Gasteiger partial charge in [0.1, 0.15) is 0 Å². The monoisotopic (exact) mass is 479 g/mol. The van der Waals surface area contributed by atoms with Gasteiger partial charge in [-0.05, 0) is 44.7 Å². The van der Waals surface area contributed by atoms with E-state index in [1.807, 2.05) is 0 Å². The van der Waals surface area contributed by atoms with Crippen molar-refractivity contribution in [3.63, 3.8) is 0 Å². The molecule has 10 nitrogen and oxygen atoms in total. The molecule has 1 amide bonds. The number of rotatable bonds is 5. The number of benzene rings is 1. The Bertz CT molecular complexity index is 1210. The fraction of sp³-hybridized carbons (Fsp3) is 0.591. The number of likely N-dealkylation sites (tertiary alicyclic amines) is 1. The fourth-order valence-electron chi connectivity index (χ4n) is 4.65. The Morgan fingerprint density at radius 1 is 1.12 bits per heavy atom. The number of aromatic nitrogens is 1. The van der Waals surface area contributed by atoms with Gasteiger partial charge in [0, 0.05) is 45.2 Å². The number of oxazole rings is 1. The highest BCUT2D eigenvalue weighted by Crippen LogP contribution is 2.28. The van der Waals surface area contributed by atoms with Gasteiger partial charge in [-0.2, -0.15) is 4.31 Å². The van der Waals surface area contributed by atoms with E-state index in [-0.39, 0.29) is 47.3 Å². The highest BCUT2D eigenvalue weighted by molar-refractivity contribution is 7.89. The van der Waals surface area contributed by atoms with Gasteiger partial charge in [0.25, 0.3) is 0 Å². The Balaban J connectivity index is 1.40. The number of aryl methyl sites for hydroxylation is 1. The first kappa shape index (κ1) is 23.5. The maximum Gasteiger partial charge on any atom is 0.419 e. The minimum Gasteiger partial charge on any atom is -0.466 e. The lowest BCUT2D eigenvalue weighted by Crippen LogP contribution is -2.48. The molecule has 0 bridgehead atoms. The number of hydrogen-bond acceptors (Lipinski definition) is 7. The van der Waals surface area contributed by atoms with Gasteiger partial charge in [-0.15, -0.1) is 0 Å². The van der Waals surface area contributed by atoms with E-state index in [0.29, 0.717) is 44.5 Å². The molecule has 2 aromatic rings. The van der Waals surface area contributed by atoms with Gasteiger partial charge in [0.15, 0.2) is 5.58 Å². The molecule has 0 aliphatic carbocycles. The Hall–Kier alpha value is -2.66. The highest BCUT2D eigenvalue weighted by atomic mass is 32.2. The van der Waals surface area contributed by atoms with Crippen molar-refractivity contribution in [2.45, 2.75) is 37.5 Å². The van der Waals surface area contributed by atoms with E-state index in [1.54, 1.807) is 24.9 Å². The van der Waals surface area contributed by atoms with Crippen LogP contribution in [0, 0.1) is 11.8 Å². The summed E-state index contributed by atoms with van der Waals surface area (Å²) in [6, 6.07) is 4.39. The molecule has 0 radical (unpaired) electrons. The van der Waals surface area contributed by atoms with Crippen molar-refractivity contribution >= 4 is 33.0 Å². The summed E-state index contributed by atoms with van der Waals surface area (Å²) in [4.78, 5) is 38.6. The third-order valence-electron chi connectivity index (χ3n) is 6.56. The molecule has 2 saturated heterocycles. The lowest BCUT2D eigenvalue weighted by molar-refractivity contribution is -0.152. The molecule has 1 aromatic carbocycles. The van der Waals surface area contributed by atoms with E-state index in [9.17, 15) is 22.8 Å². The van der Waals surface area contributed by atoms with Gasteiger partial charge < -0.3 is 14.1 Å². The van der Waals surface area contributed by atoms with Crippen LogP contribution < -0.4 is 5.76 Å². The van der Waals surface area contributed by atoms with E-state index >= 15 is 0 Å². The second-order valence-electron chi connectivity index (χ2n) is 8.61. The minimum atomic E-state index is -3.78. The summed E-state index contributed by atoms with van der Waals surface area (Å²) in [5.74, 6) is -1.40. The molecule has 1 atom stereocenters. The highest BCUT2D eigenvalue weighted by Gasteiger charge is 2.36. The molecule has 11 heteroatoms. The standard InChI is InChI=1S/C22H29N3O7S/c1-3-31-21(27)16-5-4-10-24(14-16)20(26)15-8-11-25(12-9-15)33(29,30)17-6-7-18-19(13-17)32-22(28)23(18)2/h6-7,13,15-16H,3-5,8-12,14H2,1-2H3/t16-/m1/s1. The second-order valence-corrected chi connectivity index (χ2v) is 10.5. The lowest BCUT2D eigenvalue weighted by Gasteiger charge is -2.36. The van der Waals surface area contributed by atoms with Gasteiger partial charge in [-0.1, -0.05) is 0 Å². The number of carbonyl (C=O) groups is 2. The number of carbonyl (C=O) groups excluding carboxylic acids is 2. The van der Waals surface area contributed by atoms with Crippen LogP contribution >= 0.6 is 0 Å². The Morgan fingerprint density at radius 2 is 1.85 bits per heavy atom. The normalized spacial score (nSPS) is 20.8. The molecule has 180 valence electrons. The summed E-state index contributed by atoms with van der Waals surface area (Å²) in [7, 11) is -2.22. The molecule has 0 saturated carbocycles. The predicted molar refractivity (Wildman–Crippen MR) is 119 cm³/mol. The van der Waals surface area contributed by atoms with Gasteiger partial charge in [-0.25, -0.2) is 13.2 Å². The number of nitrogens with zero attached hydrogens (tertiary/aromatic N) is 3. The molecule has 33 heavy (non-hydrogen) atoms. The van der Waals surface area contributed by atoms with E-state index in [0.717, 1.165) is 6.42 Å². The quantitative estimate of drug-likeness (QED) is 0.594. The third kappa shape index (κ3) is 4.56. The molecule has 2 fully saturated rings. The first-order valence-corrected chi connectivity index (χ1v) is 12.7. The van der Waals surface area contributed by atoms with Crippen molar-refractivity contribution in [2.24, 2.45) is 18.9 Å². The second kappa shape index (κ2) is 9.30. The number of fused-ring (bicyclic) bond motifs is 1. The molecule has 3 heterocycles. The first-order chi connectivity index (χ1) is 15.7. The number of esters is 1. The van der Waals surface area contributed by atoms with Crippen molar-refractivity contribution < 1.29 is 27.2 Å². The molecule has 2 aliphatic rings. The number of piperidine rings is 2. The Labute approximate surface area is 192 Å². The molecular formula is C22H29N3O7S. The van der Waals surface area contributed by atoms with E-state index in [4.69, 9.17) is 9.15 Å². The van der Waals surface area contributed by atoms with Gasteiger partial charge in [0.2, 0.25) is 15.9 Å². The zero-order valence-corrected chi connectivity index (χ0v) is 19.7. The van der Waals surface area contributed by atoms with Crippen LogP contribution in [0.4, 0.5) is 0 Å². The Kier molecular flexibility index (Phi) is 6.62. The summed E-state index contributed by atoms with van der Waals surface area (Å²) < 4.78 is 39.2. The summed E-state index contributed by atoms with van der Waals surface area (Å²) in [5, 5.41) is 0. The zero-order chi connectivity index (χ0) is 23.8. The molecule has 0 unspecified atom stereocenters. The van der Waals surface area contributed by atoms with Crippen LogP contribution in [0.25, 0.3) is 11.1 Å². The summed E-state index contributed by atoms with van der Waals surface area (Å²) >= 11 is 0. The average Bonchev–Trinajstić information content (AvgIpc) is 3.11. The maximum atomic E-state index is 13.1. The maximum absolute atomic E-state index is 13.1. The molecule has 0 N–H and O–H groups in total. The van der Waals surface area contributed by atoms with Crippen LogP contribution in [0.5, 0.6) is 0 Å². The van der Waals surface area contributed by atoms with E-state index < -0.39 is 15.8 Å². The van der Waals surface area contributed by atoms with Gasteiger partial charge in [0.05, 0.1) is 22.9 Å². The minimum absolute atomic E-state index is 0.0199. The molecule has 2 aliphatic heterocycles. The van der Waals surface area contributed by atoms with Crippen molar-refractivity contribution in [2.75, 3.05) is 32.8 Å². The zero-order valence-electron chi connectivity index (χ0n) is 18.9. The van der Waals surface area contributed by atoms with Crippen molar-refractivity contribution in [1.82, 2.24) is 13.8 Å². The smallest absolute Gasteiger partial charge is 0.419 e. The molecular weight excluding hydrogens is 450 g/mol. The summed E-state index contributed by atoms with van der Waals surface area (Å²) in [6.07, 6.45) is 2.30. The average molecular weight is 480 g/mol. The van der Waals surface area contributed by atoms with Crippen molar-refractivity contribution in [3.8, 4) is 0 Å². The van der Waals surface area contributed by atoms with Crippen LogP contribution in [0.2, 0.25) is 0 Å². The number of ether oxygens (including phenoxy) is 1. The first-order valence-electron chi connectivity index (χ1n) is 11.3. The van der Waals surface area contributed by atoms with Crippen molar-refractivity contribution in [3.05, 3.63) is 28.7 Å². The van der Waals surface area contributed by atoms with Gasteiger partial charge >= 0.3 is 11.7 Å². The third-order valence-corrected chi connectivity index (χ3v) is 8.45. The van der Waals surface area contributed by atoms with Gasteiger partial charge in [-0.3, -0.25) is 14.2 Å². The SMILES string of the molecule is CCOC(=O)[C@@H]1CCCN(C(=O)C2CCN(S(=O)(=O)c3ccc4c(c3)oc(=O)n4C)CC2)C1. The number of hydrogen-bond donors (Lipinski definition) is 0. The fourth-order valence-corrected chi connectivity index (χ4v) is 6.14. The lowest BCUT2D eigenvalue weighted by atomic mass is 9.93. The van der Waals surface area contributed by atoms with Crippen LogP contribution in [0.1, 0.15) is 32.6 Å². The molecule has 0 spiro atoms. The van der Waals surface area contributed by atoms with Crippen LogP contribution in [-0.2, 0) is 31.4 Å². The molecule has 1 aromatic heterocycles.